The van der Waals surface area contributed by atoms with E-state index in [0.717, 1.165) is 5.56 Å². The first-order chi connectivity index (χ1) is 10.3. The lowest BCUT2D eigenvalue weighted by molar-refractivity contribution is 0.0970. The largest absolute Gasteiger partial charge is 0.459 e. The second-order valence-corrected chi connectivity index (χ2v) is 4.57. The maximum Gasteiger partial charge on any atom is 0.314 e. The Kier molecular flexibility index (Phi) is 3.78. The van der Waals surface area contributed by atoms with E-state index in [1.54, 1.807) is 12.1 Å². The molecule has 0 radical (unpaired) electrons. The van der Waals surface area contributed by atoms with Crippen LogP contribution in [-0.2, 0) is 6.54 Å². The van der Waals surface area contributed by atoms with Crippen molar-refractivity contribution in [3.8, 4) is 0 Å². The summed E-state index contributed by atoms with van der Waals surface area (Å²) < 4.78 is 7.00. The minimum atomic E-state index is -0.381. The zero-order valence-corrected chi connectivity index (χ0v) is 11.3. The molecule has 3 rings (SSSR count). The van der Waals surface area contributed by atoms with Crippen LogP contribution < -0.4 is 5.49 Å². The van der Waals surface area contributed by atoms with Gasteiger partial charge in [0.25, 0.3) is 0 Å². The van der Waals surface area contributed by atoms with Crippen molar-refractivity contribution in [3.63, 3.8) is 0 Å². The summed E-state index contributed by atoms with van der Waals surface area (Å²) in [5.41, 5.74) is 1.75. The van der Waals surface area contributed by atoms with Gasteiger partial charge in [0.15, 0.2) is 5.76 Å². The van der Waals surface area contributed by atoms with Crippen LogP contribution in [0.2, 0.25) is 0 Å². The van der Waals surface area contributed by atoms with E-state index >= 15 is 0 Å². The van der Waals surface area contributed by atoms with Crippen LogP contribution in [-0.4, -0.2) is 10.5 Å². The van der Waals surface area contributed by atoms with E-state index < -0.39 is 0 Å². The highest BCUT2D eigenvalue weighted by Gasteiger charge is 2.06. The molecule has 3 aromatic rings. The van der Waals surface area contributed by atoms with Gasteiger partial charge < -0.3 is 8.98 Å². The number of aromatic nitrogens is 1. The Morgan fingerprint density at radius 2 is 1.81 bits per heavy atom. The van der Waals surface area contributed by atoms with Gasteiger partial charge in [0.1, 0.15) is 5.49 Å². The van der Waals surface area contributed by atoms with E-state index in [0.29, 0.717) is 12.0 Å². The van der Waals surface area contributed by atoms with Crippen molar-refractivity contribution in [1.29, 1.82) is 0 Å². The summed E-state index contributed by atoms with van der Waals surface area (Å²) >= 11 is 0. The van der Waals surface area contributed by atoms with Gasteiger partial charge in [0, 0.05) is 12.7 Å². The highest BCUT2D eigenvalue weighted by atomic mass is 16.3. The molecule has 0 bridgehead atoms. The Labute approximate surface area is 122 Å². The van der Waals surface area contributed by atoms with Crippen molar-refractivity contribution < 1.29 is 9.21 Å². The molecule has 2 heterocycles. The van der Waals surface area contributed by atoms with E-state index in [4.69, 9.17) is 4.42 Å². The van der Waals surface area contributed by atoms with Gasteiger partial charge in [-0.25, -0.2) is 0 Å². The van der Waals surface area contributed by atoms with Crippen molar-refractivity contribution in [2.24, 2.45) is 4.99 Å². The summed E-state index contributed by atoms with van der Waals surface area (Å²) in [6, 6.07) is 18.9. The van der Waals surface area contributed by atoms with Crippen LogP contribution in [0.4, 0.5) is 0 Å². The number of carbonyl (C=O) groups is 1. The molecule has 0 N–H and O–H groups in total. The van der Waals surface area contributed by atoms with Gasteiger partial charge >= 0.3 is 5.91 Å². The Bertz CT molecular complexity index is 787. The molecule has 4 heteroatoms. The number of carbonyl (C=O) groups excluding carboxylic acids is 1. The maximum absolute atomic E-state index is 12.0. The molecule has 0 atom stereocenters. The normalized spacial score (nSPS) is 11.5. The van der Waals surface area contributed by atoms with Crippen LogP contribution in [0, 0.1) is 0 Å². The van der Waals surface area contributed by atoms with E-state index in [1.807, 2.05) is 59.3 Å². The number of nitrogens with zero attached hydrogens (tertiary/aromatic N) is 2. The van der Waals surface area contributed by atoms with Crippen molar-refractivity contribution in [2.75, 3.05) is 0 Å². The van der Waals surface area contributed by atoms with Crippen LogP contribution >= 0.6 is 0 Å². The van der Waals surface area contributed by atoms with E-state index in [-0.39, 0.29) is 11.7 Å². The second kappa shape index (κ2) is 6.05. The monoisotopic (exact) mass is 278 g/mol. The average Bonchev–Trinajstić information content (AvgIpc) is 3.05. The quantitative estimate of drug-likeness (QED) is 0.739. The second-order valence-electron chi connectivity index (χ2n) is 4.57. The van der Waals surface area contributed by atoms with Gasteiger partial charge in [-0.05, 0) is 29.8 Å². The zero-order chi connectivity index (χ0) is 14.5. The molecule has 21 heavy (non-hydrogen) atoms. The molecular formula is C17H14N2O2. The van der Waals surface area contributed by atoms with Crippen LogP contribution in [0.15, 0.2) is 82.5 Å². The van der Waals surface area contributed by atoms with Gasteiger partial charge in [-0.15, -0.1) is 0 Å². The SMILES string of the molecule is O=C(N=c1ccccn1Cc1ccccc1)c1ccco1. The van der Waals surface area contributed by atoms with Gasteiger partial charge in [-0.3, -0.25) is 4.79 Å². The van der Waals surface area contributed by atoms with E-state index in [1.165, 1.54) is 6.26 Å². The molecule has 104 valence electrons. The number of furan rings is 1. The standard InChI is InChI=1S/C17H14N2O2/c20-17(15-9-6-12-21-15)18-16-10-4-5-11-19(16)13-14-7-2-1-3-8-14/h1-12H,13H2. The minimum absolute atomic E-state index is 0.241. The van der Waals surface area contributed by atoms with Crippen LogP contribution in [0.25, 0.3) is 0 Å². The zero-order valence-electron chi connectivity index (χ0n) is 11.3. The summed E-state index contributed by atoms with van der Waals surface area (Å²) in [5.74, 6) is -0.141. The molecular weight excluding hydrogens is 264 g/mol. The molecule has 0 unspecified atom stereocenters. The maximum atomic E-state index is 12.0. The highest BCUT2D eigenvalue weighted by Crippen LogP contribution is 2.02. The number of hydrogen-bond acceptors (Lipinski definition) is 2. The molecule has 0 saturated carbocycles. The van der Waals surface area contributed by atoms with Crippen molar-refractivity contribution >= 4 is 5.91 Å². The van der Waals surface area contributed by atoms with Crippen LogP contribution in [0.3, 0.4) is 0 Å². The highest BCUT2D eigenvalue weighted by molar-refractivity contribution is 5.92. The fourth-order valence-electron chi connectivity index (χ4n) is 2.04. The molecule has 0 aliphatic heterocycles. The Balaban J connectivity index is 1.94. The first-order valence-electron chi connectivity index (χ1n) is 6.65. The van der Waals surface area contributed by atoms with Gasteiger partial charge in [0.05, 0.1) is 6.26 Å². The smallest absolute Gasteiger partial charge is 0.314 e. The molecule has 0 aliphatic carbocycles. The molecule has 0 fully saturated rings. The molecule has 2 aromatic heterocycles. The number of pyridine rings is 1. The number of rotatable bonds is 3. The first kappa shape index (κ1) is 13.1. The predicted molar refractivity (Wildman–Crippen MR) is 78.6 cm³/mol. The van der Waals surface area contributed by atoms with Gasteiger partial charge in [-0.1, -0.05) is 36.4 Å². The summed E-state index contributed by atoms with van der Waals surface area (Å²) in [4.78, 5) is 16.1. The van der Waals surface area contributed by atoms with Crippen molar-refractivity contribution in [3.05, 3.63) is 89.9 Å². The lowest BCUT2D eigenvalue weighted by Gasteiger charge is -2.06. The van der Waals surface area contributed by atoms with E-state index in [2.05, 4.69) is 4.99 Å². The first-order valence-corrected chi connectivity index (χ1v) is 6.65. The number of benzene rings is 1. The Morgan fingerprint density at radius 3 is 2.57 bits per heavy atom. The molecule has 1 amide bonds. The van der Waals surface area contributed by atoms with Crippen LogP contribution in [0.5, 0.6) is 0 Å². The predicted octanol–water partition coefficient (Wildman–Crippen LogP) is 2.87. The number of amides is 1. The molecule has 0 aliphatic rings. The average molecular weight is 278 g/mol. The third-order valence-corrected chi connectivity index (χ3v) is 3.06. The lowest BCUT2D eigenvalue weighted by Crippen LogP contribution is -2.22. The summed E-state index contributed by atoms with van der Waals surface area (Å²) in [6.45, 7) is 0.659. The summed E-state index contributed by atoms with van der Waals surface area (Å²) in [7, 11) is 0. The third-order valence-electron chi connectivity index (χ3n) is 3.06. The van der Waals surface area contributed by atoms with Crippen molar-refractivity contribution in [2.45, 2.75) is 6.54 Å². The minimum Gasteiger partial charge on any atom is -0.459 e. The summed E-state index contributed by atoms with van der Waals surface area (Å²) in [6.07, 6.45) is 3.37. The third kappa shape index (κ3) is 3.17. The molecule has 1 aromatic carbocycles. The van der Waals surface area contributed by atoms with E-state index in [9.17, 15) is 4.79 Å². The molecule has 0 spiro atoms. The fourth-order valence-corrected chi connectivity index (χ4v) is 2.04. The Hall–Kier alpha value is -2.88. The van der Waals surface area contributed by atoms with Crippen LogP contribution in [0.1, 0.15) is 16.1 Å². The molecule has 0 saturated heterocycles. The summed E-state index contributed by atoms with van der Waals surface area (Å²) in [5, 5.41) is 0. The Morgan fingerprint density at radius 1 is 1.00 bits per heavy atom. The fraction of sp³-hybridized carbons (Fsp3) is 0.0588. The van der Waals surface area contributed by atoms with Crippen molar-refractivity contribution in [1.82, 2.24) is 4.57 Å². The topological polar surface area (TPSA) is 47.5 Å². The number of hydrogen-bond donors (Lipinski definition) is 0. The molecule has 4 nitrogen and oxygen atoms in total. The van der Waals surface area contributed by atoms with Gasteiger partial charge in [0.2, 0.25) is 0 Å². The lowest BCUT2D eigenvalue weighted by atomic mass is 10.2. The van der Waals surface area contributed by atoms with Gasteiger partial charge in [-0.2, -0.15) is 4.99 Å².